The van der Waals surface area contributed by atoms with E-state index in [0.29, 0.717) is 6.04 Å². The smallest absolute Gasteiger partial charge is 0.224 e. The second-order valence-corrected chi connectivity index (χ2v) is 7.40. The molecule has 1 amide bonds. The van der Waals surface area contributed by atoms with Gasteiger partial charge in [0.05, 0.1) is 5.92 Å². The Balaban J connectivity index is 1.43. The summed E-state index contributed by atoms with van der Waals surface area (Å²) in [4.78, 5) is 17.5. The van der Waals surface area contributed by atoms with Crippen LogP contribution in [0.2, 0.25) is 0 Å². The average molecular weight is 329 g/mol. The van der Waals surface area contributed by atoms with Crippen LogP contribution in [0.4, 0.5) is 0 Å². The Morgan fingerprint density at radius 2 is 1.88 bits per heavy atom. The molecule has 2 fully saturated rings. The molecule has 2 heterocycles. The van der Waals surface area contributed by atoms with E-state index in [1.54, 1.807) is 0 Å². The number of benzene rings is 1. The quantitative estimate of drug-likeness (QED) is 0.899. The number of hydrogen-bond acceptors (Lipinski definition) is 3. The van der Waals surface area contributed by atoms with Crippen molar-refractivity contribution in [3.8, 4) is 0 Å². The third kappa shape index (κ3) is 4.81. The highest BCUT2D eigenvalue weighted by Gasteiger charge is 2.30. The summed E-state index contributed by atoms with van der Waals surface area (Å²) in [7, 11) is 2.20. The summed E-state index contributed by atoms with van der Waals surface area (Å²) >= 11 is 0. The van der Waals surface area contributed by atoms with Gasteiger partial charge in [-0.25, -0.2) is 0 Å². The first-order chi connectivity index (χ1) is 11.7. The summed E-state index contributed by atoms with van der Waals surface area (Å²) < 4.78 is 0. The van der Waals surface area contributed by atoms with Crippen molar-refractivity contribution in [3.63, 3.8) is 0 Å². The lowest BCUT2D eigenvalue weighted by molar-refractivity contribution is -0.127. The summed E-state index contributed by atoms with van der Waals surface area (Å²) in [5.74, 6) is 0.428. The van der Waals surface area contributed by atoms with E-state index in [-0.39, 0.29) is 11.8 Å². The van der Waals surface area contributed by atoms with Crippen molar-refractivity contribution in [1.82, 2.24) is 15.1 Å². The van der Waals surface area contributed by atoms with Crippen molar-refractivity contribution in [2.24, 2.45) is 5.92 Å². The summed E-state index contributed by atoms with van der Waals surface area (Å²) in [6, 6.07) is 11.1. The molecule has 4 nitrogen and oxygen atoms in total. The van der Waals surface area contributed by atoms with Gasteiger partial charge in [0.1, 0.15) is 0 Å². The molecule has 0 unspecified atom stereocenters. The fourth-order valence-corrected chi connectivity index (χ4v) is 4.03. The van der Waals surface area contributed by atoms with Gasteiger partial charge in [0, 0.05) is 19.1 Å². The molecule has 1 aromatic rings. The number of likely N-dealkylation sites (tertiary alicyclic amines) is 2. The molecule has 1 N–H and O–H groups in total. The first-order valence-corrected chi connectivity index (χ1v) is 9.46. The van der Waals surface area contributed by atoms with Crippen LogP contribution in [0.15, 0.2) is 30.3 Å². The molecule has 0 aliphatic carbocycles. The number of piperidine rings is 2. The van der Waals surface area contributed by atoms with Gasteiger partial charge in [0.2, 0.25) is 5.91 Å². The molecule has 3 rings (SSSR count). The number of carbonyl (C=O) groups is 1. The predicted octanol–water partition coefficient (Wildman–Crippen LogP) is 2.15. The van der Waals surface area contributed by atoms with Crippen LogP contribution < -0.4 is 5.32 Å². The molecule has 0 saturated carbocycles. The lowest BCUT2D eigenvalue weighted by atomic mass is 9.93. The maximum Gasteiger partial charge on any atom is 0.224 e. The zero-order chi connectivity index (χ0) is 16.8. The van der Waals surface area contributed by atoms with Gasteiger partial charge >= 0.3 is 0 Å². The van der Waals surface area contributed by atoms with Crippen LogP contribution in [0, 0.1) is 5.92 Å². The molecule has 0 spiro atoms. The molecule has 0 radical (unpaired) electrons. The van der Waals surface area contributed by atoms with Crippen LogP contribution in [0.5, 0.6) is 0 Å². The SMILES string of the molecule is CN1CCC(N2CCC[C@H](C(=O)NCCc3ccccc3)C2)CC1. The fourth-order valence-electron chi connectivity index (χ4n) is 4.03. The molecule has 2 aliphatic rings. The Morgan fingerprint density at radius 1 is 1.12 bits per heavy atom. The van der Waals surface area contributed by atoms with E-state index in [1.807, 2.05) is 6.07 Å². The molecule has 132 valence electrons. The maximum absolute atomic E-state index is 12.5. The third-order valence-electron chi connectivity index (χ3n) is 5.58. The highest BCUT2D eigenvalue weighted by Crippen LogP contribution is 2.23. The van der Waals surface area contributed by atoms with E-state index in [4.69, 9.17) is 0 Å². The van der Waals surface area contributed by atoms with Gasteiger partial charge in [0.15, 0.2) is 0 Å². The molecule has 1 atom stereocenters. The van der Waals surface area contributed by atoms with E-state index in [1.165, 1.54) is 38.0 Å². The highest BCUT2D eigenvalue weighted by atomic mass is 16.1. The monoisotopic (exact) mass is 329 g/mol. The predicted molar refractivity (Wildman–Crippen MR) is 98.0 cm³/mol. The van der Waals surface area contributed by atoms with Crippen molar-refractivity contribution in [1.29, 1.82) is 0 Å². The van der Waals surface area contributed by atoms with Crippen LogP contribution in [-0.2, 0) is 11.2 Å². The molecule has 1 aromatic carbocycles. The zero-order valence-corrected chi connectivity index (χ0v) is 14.9. The minimum atomic E-state index is 0.175. The molecule has 0 bridgehead atoms. The van der Waals surface area contributed by atoms with Gasteiger partial charge in [-0.15, -0.1) is 0 Å². The van der Waals surface area contributed by atoms with E-state index in [2.05, 4.69) is 46.4 Å². The number of hydrogen-bond donors (Lipinski definition) is 1. The minimum Gasteiger partial charge on any atom is -0.355 e. The fraction of sp³-hybridized carbons (Fsp3) is 0.650. The van der Waals surface area contributed by atoms with Gasteiger partial charge in [-0.1, -0.05) is 30.3 Å². The van der Waals surface area contributed by atoms with Crippen LogP contribution in [0.3, 0.4) is 0 Å². The van der Waals surface area contributed by atoms with Gasteiger partial charge in [-0.05, 0) is 64.3 Å². The van der Waals surface area contributed by atoms with Gasteiger partial charge in [-0.2, -0.15) is 0 Å². The van der Waals surface area contributed by atoms with Crippen molar-refractivity contribution in [2.45, 2.75) is 38.1 Å². The Labute approximate surface area is 146 Å². The molecule has 2 aliphatic heterocycles. The molecular weight excluding hydrogens is 298 g/mol. The van der Waals surface area contributed by atoms with Gasteiger partial charge in [0.25, 0.3) is 0 Å². The Kier molecular flexibility index (Phi) is 6.27. The Hall–Kier alpha value is -1.39. The van der Waals surface area contributed by atoms with Gasteiger partial charge in [-0.3, -0.25) is 9.69 Å². The highest BCUT2D eigenvalue weighted by molar-refractivity contribution is 5.79. The molecule has 0 aromatic heterocycles. The van der Waals surface area contributed by atoms with E-state index in [0.717, 1.165) is 32.4 Å². The first-order valence-electron chi connectivity index (χ1n) is 9.46. The lowest BCUT2D eigenvalue weighted by Crippen LogP contribution is -2.50. The van der Waals surface area contributed by atoms with Crippen molar-refractivity contribution < 1.29 is 4.79 Å². The second kappa shape index (κ2) is 8.63. The topological polar surface area (TPSA) is 35.6 Å². The number of nitrogens with zero attached hydrogens (tertiary/aromatic N) is 2. The average Bonchev–Trinajstić information content (AvgIpc) is 2.63. The first kappa shape index (κ1) is 17.4. The summed E-state index contributed by atoms with van der Waals surface area (Å²) in [5.41, 5.74) is 1.29. The Morgan fingerprint density at radius 3 is 2.62 bits per heavy atom. The number of rotatable bonds is 5. The molecule has 2 saturated heterocycles. The van der Waals surface area contributed by atoms with Gasteiger partial charge < -0.3 is 10.2 Å². The van der Waals surface area contributed by atoms with Crippen LogP contribution >= 0.6 is 0 Å². The molecular formula is C20H31N3O. The standard InChI is InChI=1S/C20H31N3O/c1-22-14-10-19(11-15-22)23-13-5-8-18(16-23)20(24)21-12-9-17-6-3-2-4-7-17/h2-4,6-7,18-19H,5,8-16H2,1H3,(H,21,24)/t18-/m0/s1. The number of amides is 1. The van der Waals surface area contributed by atoms with Crippen molar-refractivity contribution >= 4 is 5.91 Å². The van der Waals surface area contributed by atoms with Crippen molar-refractivity contribution in [3.05, 3.63) is 35.9 Å². The maximum atomic E-state index is 12.5. The number of carbonyl (C=O) groups excluding carboxylic acids is 1. The van der Waals surface area contributed by atoms with E-state index >= 15 is 0 Å². The molecule has 24 heavy (non-hydrogen) atoms. The van der Waals surface area contributed by atoms with Crippen molar-refractivity contribution in [2.75, 3.05) is 39.8 Å². The van der Waals surface area contributed by atoms with E-state index in [9.17, 15) is 4.79 Å². The van der Waals surface area contributed by atoms with Crippen LogP contribution in [0.25, 0.3) is 0 Å². The molecule has 4 heteroatoms. The van der Waals surface area contributed by atoms with Crippen LogP contribution in [0.1, 0.15) is 31.2 Å². The Bertz CT molecular complexity index is 511. The van der Waals surface area contributed by atoms with E-state index < -0.39 is 0 Å². The summed E-state index contributed by atoms with van der Waals surface area (Å²) in [5, 5.41) is 3.16. The zero-order valence-electron chi connectivity index (χ0n) is 14.9. The third-order valence-corrected chi connectivity index (χ3v) is 5.58. The summed E-state index contributed by atoms with van der Waals surface area (Å²) in [6.45, 7) is 5.24. The summed E-state index contributed by atoms with van der Waals surface area (Å²) in [6.07, 6.45) is 5.61. The largest absolute Gasteiger partial charge is 0.355 e. The number of nitrogens with one attached hydrogen (secondary N) is 1. The second-order valence-electron chi connectivity index (χ2n) is 7.40. The minimum absolute atomic E-state index is 0.175. The van der Waals surface area contributed by atoms with Crippen LogP contribution in [-0.4, -0.2) is 61.5 Å². The normalized spacial score (nSPS) is 24.0. The lowest BCUT2D eigenvalue weighted by Gasteiger charge is -2.41.